The van der Waals surface area contributed by atoms with Crippen LogP contribution in [0, 0.1) is 13.8 Å². The summed E-state index contributed by atoms with van der Waals surface area (Å²) in [7, 11) is -3.42. The van der Waals surface area contributed by atoms with Crippen LogP contribution < -0.4 is 9.62 Å². The third-order valence-corrected chi connectivity index (χ3v) is 4.32. The van der Waals surface area contributed by atoms with Crippen molar-refractivity contribution < 1.29 is 13.2 Å². The standard InChI is InChI=1S/C15H24N2O3S/c1-5-9-16-15(18)8-10-17(21(4,19)20)14-7-6-12(2)11-13(14)3/h6-7,11H,5,8-10H2,1-4H3,(H,16,18). The Balaban J connectivity index is 2.90. The Hall–Kier alpha value is -1.56. The second kappa shape index (κ2) is 7.45. The van der Waals surface area contributed by atoms with Crippen LogP contribution in [0.3, 0.4) is 0 Å². The van der Waals surface area contributed by atoms with Crippen molar-refractivity contribution in [2.24, 2.45) is 0 Å². The van der Waals surface area contributed by atoms with Gasteiger partial charge in [0.05, 0.1) is 11.9 Å². The quantitative estimate of drug-likeness (QED) is 0.837. The van der Waals surface area contributed by atoms with Crippen molar-refractivity contribution in [1.82, 2.24) is 5.32 Å². The Morgan fingerprint density at radius 2 is 1.95 bits per heavy atom. The van der Waals surface area contributed by atoms with E-state index in [4.69, 9.17) is 0 Å². The zero-order chi connectivity index (χ0) is 16.0. The van der Waals surface area contributed by atoms with E-state index in [1.54, 1.807) is 6.07 Å². The van der Waals surface area contributed by atoms with Gasteiger partial charge in [0.15, 0.2) is 0 Å². The molecule has 6 heteroatoms. The van der Waals surface area contributed by atoms with Crippen LogP contribution in [0.5, 0.6) is 0 Å². The molecular weight excluding hydrogens is 288 g/mol. The van der Waals surface area contributed by atoms with Gasteiger partial charge in [0.2, 0.25) is 15.9 Å². The van der Waals surface area contributed by atoms with Gasteiger partial charge >= 0.3 is 0 Å². The van der Waals surface area contributed by atoms with Crippen molar-refractivity contribution in [3.8, 4) is 0 Å². The minimum absolute atomic E-state index is 0.129. The number of rotatable bonds is 7. The van der Waals surface area contributed by atoms with E-state index in [-0.39, 0.29) is 18.9 Å². The lowest BCUT2D eigenvalue weighted by Gasteiger charge is -2.24. The first-order valence-corrected chi connectivity index (χ1v) is 8.92. The summed E-state index contributed by atoms with van der Waals surface area (Å²) >= 11 is 0. The highest BCUT2D eigenvalue weighted by Crippen LogP contribution is 2.23. The molecule has 1 rings (SSSR count). The zero-order valence-electron chi connectivity index (χ0n) is 13.1. The van der Waals surface area contributed by atoms with Crippen molar-refractivity contribution >= 4 is 21.6 Å². The number of hydrogen-bond acceptors (Lipinski definition) is 3. The van der Waals surface area contributed by atoms with Gasteiger partial charge in [0.1, 0.15) is 0 Å². The van der Waals surface area contributed by atoms with Gasteiger partial charge in [-0.3, -0.25) is 9.10 Å². The Morgan fingerprint density at radius 1 is 1.29 bits per heavy atom. The molecule has 0 bridgehead atoms. The Kier molecular flexibility index (Phi) is 6.20. The number of nitrogens with one attached hydrogen (secondary N) is 1. The molecule has 0 fully saturated rings. The topological polar surface area (TPSA) is 66.5 Å². The molecule has 0 aliphatic rings. The van der Waals surface area contributed by atoms with E-state index in [0.717, 1.165) is 23.8 Å². The van der Waals surface area contributed by atoms with E-state index >= 15 is 0 Å². The maximum atomic E-state index is 12.0. The lowest BCUT2D eigenvalue weighted by molar-refractivity contribution is -0.120. The fraction of sp³-hybridized carbons (Fsp3) is 0.533. The molecule has 0 aliphatic heterocycles. The number of carbonyl (C=O) groups is 1. The van der Waals surface area contributed by atoms with Gasteiger partial charge in [-0.25, -0.2) is 8.42 Å². The largest absolute Gasteiger partial charge is 0.356 e. The number of amides is 1. The molecule has 0 aromatic heterocycles. The number of hydrogen-bond donors (Lipinski definition) is 1. The van der Waals surface area contributed by atoms with Gasteiger partial charge in [-0.1, -0.05) is 24.6 Å². The normalized spacial score (nSPS) is 11.2. The van der Waals surface area contributed by atoms with Gasteiger partial charge in [0.25, 0.3) is 0 Å². The van der Waals surface area contributed by atoms with Crippen molar-refractivity contribution in [3.05, 3.63) is 29.3 Å². The van der Waals surface area contributed by atoms with E-state index < -0.39 is 10.0 Å². The lowest BCUT2D eigenvalue weighted by Crippen LogP contribution is -2.35. The molecule has 1 aromatic rings. The minimum atomic E-state index is -3.42. The van der Waals surface area contributed by atoms with Gasteiger partial charge in [-0.2, -0.15) is 0 Å². The summed E-state index contributed by atoms with van der Waals surface area (Å²) in [5.41, 5.74) is 2.59. The first-order valence-electron chi connectivity index (χ1n) is 7.07. The number of anilines is 1. The maximum Gasteiger partial charge on any atom is 0.232 e. The molecule has 1 N–H and O–H groups in total. The summed E-state index contributed by atoms with van der Waals surface area (Å²) in [5, 5.41) is 2.75. The fourth-order valence-corrected chi connectivity index (χ4v) is 3.09. The average molecular weight is 312 g/mol. The third-order valence-electron chi connectivity index (χ3n) is 3.14. The molecule has 5 nitrogen and oxygen atoms in total. The summed E-state index contributed by atoms with van der Waals surface area (Å²) < 4.78 is 25.3. The minimum Gasteiger partial charge on any atom is -0.356 e. The molecule has 0 heterocycles. The number of sulfonamides is 1. The molecule has 0 unspecified atom stereocenters. The van der Waals surface area contributed by atoms with Crippen molar-refractivity contribution in [2.75, 3.05) is 23.7 Å². The van der Waals surface area contributed by atoms with Gasteiger partial charge in [0, 0.05) is 19.5 Å². The number of carbonyl (C=O) groups excluding carboxylic acids is 1. The molecule has 0 saturated heterocycles. The van der Waals surface area contributed by atoms with Crippen LogP contribution >= 0.6 is 0 Å². The van der Waals surface area contributed by atoms with Crippen LogP contribution in [-0.4, -0.2) is 33.7 Å². The monoisotopic (exact) mass is 312 g/mol. The maximum absolute atomic E-state index is 12.0. The number of benzene rings is 1. The van der Waals surface area contributed by atoms with Gasteiger partial charge in [-0.05, 0) is 31.9 Å². The molecular formula is C15H24N2O3S. The summed E-state index contributed by atoms with van der Waals surface area (Å²) in [6.07, 6.45) is 2.18. The zero-order valence-corrected chi connectivity index (χ0v) is 14.0. The molecule has 0 saturated carbocycles. The van der Waals surface area contributed by atoms with Crippen molar-refractivity contribution in [2.45, 2.75) is 33.6 Å². The summed E-state index contributed by atoms with van der Waals surface area (Å²) in [5.74, 6) is -0.129. The SMILES string of the molecule is CCCNC(=O)CCN(c1ccc(C)cc1C)S(C)(=O)=O. The van der Waals surface area contributed by atoms with E-state index in [1.807, 2.05) is 32.9 Å². The predicted octanol–water partition coefficient (Wildman–Crippen LogP) is 1.99. The first kappa shape index (κ1) is 17.5. The highest BCUT2D eigenvalue weighted by molar-refractivity contribution is 7.92. The number of aryl methyl sites for hydroxylation is 2. The summed E-state index contributed by atoms with van der Waals surface area (Å²) in [6.45, 7) is 6.57. The average Bonchev–Trinajstić information content (AvgIpc) is 2.37. The van der Waals surface area contributed by atoms with E-state index in [0.29, 0.717) is 12.2 Å². The number of nitrogens with zero attached hydrogens (tertiary/aromatic N) is 1. The molecule has 0 radical (unpaired) electrons. The smallest absolute Gasteiger partial charge is 0.232 e. The molecule has 21 heavy (non-hydrogen) atoms. The molecule has 0 spiro atoms. The van der Waals surface area contributed by atoms with Gasteiger partial charge in [-0.15, -0.1) is 0 Å². The van der Waals surface area contributed by atoms with Crippen LogP contribution in [0.15, 0.2) is 18.2 Å². The summed E-state index contributed by atoms with van der Waals surface area (Å²) in [4.78, 5) is 11.7. The lowest BCUT2D eigenvalue weighted by atomic mass is 10.1. The molecule has 1 aromatic carbocycles. The van der Waals surface area contributed by atoms with E-state index in [9.17, 15) is 13.2 Å². The van der Waals surface area contributed by atoms with Crippen LogP contribution in [0.4, 0.5) is 5.69 Å². The summed E-state index contributed by atoms with van der Waals surface area (Å²) in [6, 6.07) is 5.60. The Morgan fingerprint density at radius 3 is 2.48 bits per heavy atom. The second-order valence-electron chi connectivity index (χ2n) is 5.23. The third kappa shape index (κ3) is 5.38. The van der Waals surface area contributed by atoms with E-state index in [1.165, 1.54) is 4.31 Å². The van der Waals surface area contributed by atoms with Crippen LogP contribution in [0.2, 0.25) is 0 Å². The van der Waals surface area contributed by atoms with Crippen LogP contribution in [0.1, 0.15) is 30.9 Å². The van der Waals surface area contributed by atoms with Crippen molar-refractivity contribution in [1.29, 1.82) is 0 Å². The second-order valence-corrected chi connectivity index (χ2v) is 7.13. The fourth-order valence-electron chi connectivity index (χ4n) is 2.11. The van der Waals surface area contributed by atoms with Crippen LogP contribution in [-0.2, 0) is 14.8 Å². The predicted molar refractivity (Wildman–Crippen MR) is 86.0 cm³/mol. The Labute approximate surface area is 127 Å². The highest BCUT2D eigenvalue weighted by atomic mass is 32.2. The Bertz CT molecular complexity index is 597. The molecule has 0 aliphatic carbocycles. The van der Waals surface area contributed by atoms with Gasteiger partial charge < -0.3 is 5.32 Å². The van der Waals surface area contributed by atoms with Crippen LogP contribution in [0.25, 0.3) is 0 Å². The van der Waals surface area contributed by atoms with Crippen molar-refractivity contribution in [3.63, 3.8) is 0 Å². The first-order chi connectivity index (χ1) is 9.75. The molecule has 0 atom stereocenters. The highest BCUT2D eigenvalue weighted by Gasteiger charge is 2.20. The molecule has 118 valence electrons. The van der Waals surface area contributed by atoms with E-state index in [2.05, 4.69) is 5.32 Å². The molecule has 1 amide bonds.